The van der Waals surface area contributed by atoms with Crippen LogP contribution in [0.25, 0.3) is 0 Å². The molecule has 5 nitrogen and oxygen atoms in total. The predicted octanol–water partition coefficient (Wildman–Crippen LogP) is 4.03. The molecule has 0 saturated heterocycles. The number of aliphatic hydroxyl groups is 2. The zero-order valence-corrected chi connectivity index (χ0v) is 16.6. The number of carboxylic acids is 1. The number of carboxylic acid groups (broad SMARTS) is 1. The van der Waals surface area contributed by atoms with Gasteiger partial charge in [0, 0.05) is 18.4 Å². The van der Waals surface area contributed by atoms with Gasteiger partial charge in [0.1, 0.15) is 5.78 Å². The fourth-order valence-electron chi connectivity index (χ4n) is 4.05. The summed E-state index contributed by atoms with van der Waals surface area (Å²) < 4.78 is 0. The predicted molar refractivity (Wildman–Crippen MR) is 106 cm³/mol. The Balaban J connectivity index is 2.45. The lowest BCUT2D eigenvalue weighted by Gasteiger charge is -2.26. The van der Waals surface area contributed by atoms with Gasteiger partial charge >= 0.3 is 5.97 Å². The summed E-state index contributed by atoms with van der Waals surface area (Å²) >= 11 is 0. The molecule has 3 N–H and O–H groups in total. The molecule has 1 saturated carbocycles. The summed E-state index contributed by atoms with van der Waals surface area (Å²) in [5, 5.41) is 29.4. The monoisotopic (exact) mass is 380 g/mol. The van der Waals surface area contributed by atoms with Crippen molar-refractivity contribution in [2.45, 2.75) is 89.3 Å². The SMILES string of the molecule is C=C[C@](O)(CCCC)CCC[C@H]1[C@H](O)CC(=O)[C@@H]1CCCCC=CC(=O)O. The van der Waals surface area contributed by atoms with E-state index in [0.717, 1.165) is 51.0 Å². The maximum Gasteiger partial charge on any atom is 0.327 e. The number of rotatable bonds is 14. The second kappa shape index (κ2) is 12.1. The number of hydrogen-bond donors (Lipinski definition) is 3. The van der Waals surface area contributed by atoms with Gasteiger partial charge in [-0.25, -0.2) is 4.79 Å². The van der Waals surface area contributed by atoms with E-state index >= 15 is 0 Å². The van der Waals surface area contributed by atoms with Gasteiger partial charge in [-0.15, -0.1) is 6.58 Å². The van der Waals surface area contributed by atoms with Gasteiger partial charge in [-0.3, -0.25) is 4.79 Å². The average Bonchev–Trinajstić information content (AvgIpc) is 2.89. The van der Waals surface area contributed by atoms with Gasteiger partial charge in [0.2, 0.25) is 0 Å². The van der Waals surface area contributed by atoms with Crippen molar-refractivity contribution in [1.82, 2.24) is 0 Å². The van der Waals surface area contributed by atoms with Gasteiger partial charge in [-0.2, -0.15) is 0 Å². The maximum atomic E-state index is 12.2. The Hall–Kier alpha value is -1.46. The van der Waals surface area contributed by atoms with Crippen LogP contribution < -0.4 is 0 Å². The number of hydrogen-bond acceptors (Lipinski definition) is 4. The number of aliphatic carboxylic acids is 1. The lowest BCUT2D eigenvalue weighted by atomic mass is 9.83. The number of aliphatic hydroxyl groups excluding tert-OH is 1. The molecule has 4 atom stereocenters. The minimum absolute atomic E-state index is 0.0349. The van der Waals surface area contributed by atoms with Crippen molar-refractivity contribution in [2.75, 3.05) is 0 Å². The number of Topliss-reactive ketones (excluding diaryl/α,β-unsaturated/α-hetero) is 1. The summed E-state index contributed by atoms with van der Waals surface area (Å²) in [5.74, 6) is -0.954. The molecule has 1 fully saturated rings. The average molecular weight is 381 g/mol. The zero-order chi connectivity index (χ0) is 20.3. The topological polar surface area (TPSA) is 94.8 Å². The molecule has 0 aromatic rings. The summed E-state index contributed by atoms with van der Waals surface area (Å²) in [5.41, 5.74) is -0.852. The fraction of sp³-hybridized carbons (Fsp3) is 0.727. The number of unbranched alkanes of at least 4 members (excludes halogenated alkanes) is 3. The summed E-state index contributed by atoms with van der Waals surface area (Å²) in [4.78, 5) is 22.7. The molecule has 1 rings (SSSR count). The first-order chi connectivity index (χ1) is 12.8. The number of carbonyl (C=O) groups is 2. The molecule has 0 spiro atoms. The quantitative estimate of drug-likeness (QED) is 0.240. The van der Waals surface area contributed by atoms with Crippen molar-refractivity contribution in [2.24, 2.45) is 11.8 Å². The highest BCUT2D eigenvalue weighted by atomic mass is 16.4. The van der Waals surface area contributed by atoms with Crippen LogP contribution in [0, 0.1) is 11.8 Å². The van der Waals surface area contributed by atoms with Crippen LogP contribution in [0.3, 0.4) is 0 Å². The molecular formula is C22H36O5. The zero-order valence-electron chi connectivity index (χ0n) is 16.6. The number of carbonyl (C=O) groups excluding carboxylic acids is 1. The van der Waals surface area contributed by atoms with Crippen LogP contribution in [0.1, 0.15) is 77.6 Å². The smallest absolute Gasteiger partial charge is 0.327 e. The Kier molecular flexibility index (Phi) is 10.6. The summed E-state index contributed by atoms with van der Waals surface area (Å²) in [6, 6.07) is 0. The highest BCUT2D eigenvalue weighted by Gasteiger charge is 2.40. The van der Waals surface area contributed by atoms with E-state index in [9.17, 15) is 19.8 Å². The lowest BCUT2D eigenvalue weighted by molar-refractivity contribution is -0.131. The van der Waals surface area contributed by atoms with Gasteiger partial charge < -0.3 is 15.3 Å². The Labute approximate surface area is 163 Å². The molecule has 0 aliphatic heterocycles. The van der Waals surface area contributed by atoms with Crippen LogP contribution in [-0.2, 0) is 9.59 Å². The molecule has 27 heavy (non-hydrogen) atoms. The molecular weight excluding hydrogens is 344 g/mol. The molecule has 154 valence electrons. The van der Waals surface area contributed by atoms with Crippen molar-refractivity contribution >= 4 is 11.8 Å². The third-order valence-corrected chi connectivity index (χ3v) is 5.72. The molecule has 0 bridgehead atoms. The largest absolute Gasteiger partial charge is 0.478 e. The molecule has 1 aliphatic rings. The fourth-order valence-corrected chi connectivity index (χ4v) is 4.05. The molecule has 5 heteroatoms. The van der Waals surface area contributed by atoms with E-state index in [1.165, 1.54) is 0 Å². The normalized spacial score (nSPS) is 25.0. The van der Waals surface area contributed by atoms with E-state index in [4.69, 9.17) is 5.11 Å². The van der Waals surface area contributed by atoms with E-state index in [0.29, 0.717) is 19.3 Å². The summed E-state index contributed by atoms with van der Waals surface area (Å²) in [6.45, 7) is 5.85. The maximum absolute atomic E-state index is 12.2. The van der Waals surface area contributed by atoms with Crippen LogP contribution >= 0.6 is 0 Å². The third kappa shape index (κ3) is 8.39. The molecule has 0 aromatic heterocycles. The van der Waals surface area contributed by atoms with Gasteiger partial charge in [-0.05, 0) is 50.9 Å². The lowest BCUT2D eigenvalue weighted by Crippen LogP contribution is -2.27. The molecule has 0 amide bonds. The van der Waals surface area contributed by atoms with Crippen LogP contribution in [0.15, 0.2) is 24.8 Å². The van der Waals surface area contributed by atoms with Gasteiger partial charge in [0.25, 0.3) is 0 Å². The van der Waals surface area contributed by atoms with Gasteiger partial charge in [0.05, 0.1) is 11.7 Å². The van der Waals surface area contributed by atoms with Crippen molar-refractivity contribution in [3.8, 4) is 0 Å². The van der Waals surface area contributed by atoms with Crippen molar-refractivity contribution in [1.29, 1.82) is 0 Å². The Morgan fingerprint density at radius 2 is 1.93 bits per heavy atom. The number of allylic oxidation sites excluding steroid dienone is 1. The summed E-state index contributed by atoms with van der Waals surface area (Å²) in [7, 11) is 0. The number of ketones is 1. The molecule has 0 radical (unpaired) electrons. The molecule has 0 unspecified atom stereocenters. The molecule has 0 heterocycles. The standard InChI is InChI=1S/C22H36O5/c1-3-5-14-22(27,4-2)15-10-12-18-17(19(23)16-20(18)24)11-8-6-7-9-13-21(25)26/h4,9,13,17-18,20,24,27H,2-3,5-8,10-12,14-16H2,1H3,(H,25,26)/t17-,18-,20-,22+/m1/s1. The van der Waals surface area contributed by atoms with E-state index in [2.05, 4.69) is 13.5 Å². The highest BCUT2D eigenvalue weighted by molar-refractivity contribution is 5.84. The first-order valence-electron chi connectivity index (χ1n) is 10.3. The van der Waals surface area contributed by atoms with Crippen molar-refractivity contribution < 1.29 is 24.9 Å². The Bertz CT molecular complexity index is 513. The molecule has 0 aromatic carbocycles. The second-order valence-corrected chi connectivity index (χ2v) is 7.84. The van der Waals surface area contributed by atoms with Crippen LogP contribution in [-0.4, -0.2) is 38.8 Å². The van der Waals surface area contributed by atoms with Crippen LogP contribution in [0.4, 0.5) is 0 Å². The highest BCUT2D eigenvalue weighted by Crippen LogP contribution is 2.37. The van der Waals surface area contributed by atoms with Crippen molar-refractivity contribution in [3.63, 3.8) is 0 Å². The van der Waals surface area contributed by atoms with E-state index in [1.54, 1.807) is 12.2 Å². The minimum Gasteiger partial charge on any atom is -0.478 e. The van der Waals surface area contributed by atoms with E-state index < -0.39 is 17.7 Å². The van der Waals surface area contributed by atoms with E-state index in [-0.39, 0.29) is 24.0 Å². The summed E-state index contributed by atoms with van der Waals surface area (Å²) in [6.07, 6.45) is 11.9. The Morgan fingerprint density at radius 1 is 1.22 bits per heavy atom. The van der Waals surface area contributed by atoms with Gasteiger partial charge in [-0.1, -0.05) is 38.3 Å². The second-order valence-electron chi connectivity index (χ2n) is 7.84. The van der Waals surface area contributed by atoms with E-state index in [1.807, 2.05) is 0 Å². The first kappa shape index (κ1) is 23.6. The Morgan fingerprint density at radius 3 is 2.56 bits per heavy atom. The van der Waals surface area contributed by atoms with Crippen LogP contribution in [0.5, 0.6) is 0 Å². The molecule has 1 aliphatic carbocycles. The van der Waals surface area contributed by atoms with Crippen molar-refractivity contribution in [3.05, 3.63) is 24.8 Å². The van der Waals surface area contributed by atoms with Crippen LogP contribution in [0.2, 0.25) is 0 Å². The van der Waals surface area contributed by atoms with Gasteiger partial charge in [0.15, 0.2) is 0 Å². The first-order valence-corrected chi connectivity index (χ1v) is 10.3. The minimum atomic E-state index is -0.942. The third-order valence-electron chi connectivity index (χ3n) is 5.72.